The Balaban J connectivity index is 1.99. The molecule has 0 fully saturated rings. The van der Waals surface area contributed by atoms with Crippen molar-refractivity contribution < 1.29 is 41.7 Å². The van der Waals surface area contributed by atoms with Crippen LogP contribution in [-0.2, 0) is 16.0 Å². The number of carbonyl (C=O) groups is 3. The minimum Gasteiger partial charge on any atom is -0.507 e. The van der Waals surface area contributed by atoms with E-state index in [1.54, 1.807) is 0 Å². The van der Waals surface area contributed by atoms with Crippen LogP contribution in [0.1, 0.15) is 53.2 Å². The lowest BCUT2D eigenvalue weighted by Crippen LogP contribution is -2.41. The molecule has 9 heteroatoms. The van der Waals surface area contributed by atoms with Gasteiger partial charge in [-0.3, -0.25) is 9.59 Å². The number of hydrogen-bond donors (Lipinski definition) is 5. The largest absolute Gasteiger partial charge is 0.507 e. The van der Waals surface area contributed by atoms with Crippen molar-refractivity contribution in [3.8, 4) is 11.5 Å². The number of Topliss-reactive ketones (excluding diaryl/α,β-unsaturated/α-hetero) is 1. The molecular weight excluding hydrogens is 446 g/mol. The second-order valence-electron chi connectivity index (χ2n) is 7.40. The van der Waals surface area contributed by atoms with Crippen molar-refractivity contribution in [2.24, 2.45) is 0 Å². The Labute approximate surface area is 200 Å². The third-order valence-electron chi connectivity index (χ3n) is 5.29. The van der Waals surface area contributed by atoms with Gasteiger partial charge in [0.25, 0.3) is 0 Å². The van der Waals surface area contributed by atoms with Gasteiger partial charge in [-0.05, 0) is 30.1 Å². The number of aliphatic hydroxyl groups excluding tert-OH is 1. The fourth-order valence-electron chi connectivity index (χ4n) is 3.94. The predicted molar refractivity (Wildman–Crippen MR) is 124 cm³/mol. The second kappa shape index (κ2) is 8.32. The highest BCUT2D eigenvalue weighted by atomic mass is 32.2. The molecule has 0 radical (unpaired) electrons. The predicted octanol–water partition coefficient (Wildman–Crippen LogP) is 3.33. The quantitative estimate of drug-likeness (QED) is 0.431. The van der Waals surface area contributed by atoms with Gasteiger partial charge < -0.3 is 25.7 Å². The van der Waals surface area contributed by atoms with E-state index in [1.807, 2.05) is 0 Å². The van der Waals surface area contributed by atoms with E-state index < -0.39 is 59.7 Å². The molecule has 1 atom stereocenters. The molecule has 0 unspecified atom stereocenters. The van der Waals surface area contributed by atoms with Crippen LogP contribution in [0.3, 0.4) is 0 Å². The van der Waals surface area contributed by atoms with Crippen molar-refractivity contribution in [2.75, 3.05) is 5.75 Å². The smallest absolute Gasteiger partial charge is 0.327 e. The van der Waals surface area contributed by atoms with Gasteiger partial charge in [0.2, 0.25) is 5.91 Å². The number of carbonyl (C=O) groups excluding carboxylic acids is 2. The second-order valence-corrected chi connectivity index (χ2v) is 8.43. The lowest BCUT2D eigenvalue weighted by molar-refractivity contribution is -0.140. The Hall–Kier alpha value is -3.72. The molecule has 8 nitrogen and oxygen atoms in total. The molecule has 0 aliphatic heterocycles. The van der Waals surface area contributed by atoms with Crippen molar-refractivity contribution in [1.29, 1.82) is 0 Å². The zero-order valence-corrected chi connectivity index (χ0v) is 17.9. The number of benzene rings is 2. The maximum Gasteiger partial charge on any atom is 0.327 e. The number of phenols is 2. The first-order valence-corrected chi connectivity index (χ1v) is 10.6. The average molecular weight is 473 g/mol. The Morgan fingerprint density at radius 2 is 1.88 bits per heavy atom. The third-order valence-corrected chi connectivity index (χ3v) is 6.50. The first-order valence-electron chi connectivity index (χ1n) is 12.1. The Bertz CT molecular complexity index is 1480. The van der Waals surface area contributed by atoms with Gasteiger partial charge in [-0.1, -0.05) is 19.0 Å². The number of amides is 1. The van der Waals surface area contributed by atoms with E-state index in [9.17, 15) is 34.8 Å². The van der Waals surface area contributed by atoms with E-state index >= 15 is 0 Å². The summed E-state index contributed by atoms with van der Waals surface area (Å²) in [4.78, 5) is 36.8. The van der Waals surface area contributed by atoms with Crippen LogP contribution in [-0.4, -0.2) is 49.9 Å². The summed E-state index contributed by atoms with van der Waals surface area (Å²) < 4.78 is 39.1. The lowest BCUT2D eigenvalue weighted by Gasteiger charge is -2.20. The zero-order chi connectivity index (χ0) is 28.3. The number of carboxylic acid groups (broad SMARTS) is 1. The van der Waals surface area contributed by atoms with Crippen LogP contribution in [0.25, 0.3) is 16.2 Å². The van der Waals surface area contributed by atoms with Crippen LogP contribution in [0, 0.1) is 0 Å². The number of nitrogens with one attached hydrogen (secondary N) is 1. The fourth-order valence-corrected chi connectivity index (χ4v) is 5.15. The van der Waals surface area contributed by atoms with Crippen LogP contribution >= 0.6 is 11.8 Å². The van der Waals surface area contributed by atoms with Gasteiger partial charge in [-0.2, -0.15) is 0 Å². The Morgan fingerprint density at radius 1 is 1.12 bits per heavy atom. The molecule has 4 rings (SSSR count). The van der Waals surface area contributed by atoms with Gasteiger partial charge in [0.1, 0.15) is 23.3 Å². The number of aliphatic hydroxyl groups is 1. The molecule has 170 valence electrons. The number of thioether (sulfide) groups is 1. The van der Waals surface area contributed by atoms with Crippen molar-refractivity contribution in [2.45, 2.75) is 26.2 Å². The highest BCUT2D eigenvalue weighted by molar-refractivity contribution is 8.08. The van der Waals surface area contributed by atoms with Gasteiger partial charge in [0, 0.05) is 52.3 Å². The van der Waals surface area contributed by atoms with Crippen molar-refractivity contribution in [1.82, 2.24) is 5.32 Å². The van der Waals surface area contributed by atoms with Gasteiger partial charge in [-0.15, -0.1) is 11.8 Å². The Kier molecular flexibility index (Phi) is 4.25. The molecule has 2 aromatic carbocycles. The molecule has 0 spiro atoms. The summed E-state index contributed by atoms with van der Waals surface area (Å²) in [7, 11) is 0. The van der Waals surface area contributed by atoms with Crippen LogP contribution in [0.2, 0.25) is 0 Å². The molecule has 0 heterocycles. The van der Waals surface area contributed by atoms with Crippen LogP contribution in [0.5, 0.6) is 11.5 Å². The van der Waals surface area contributed by atoms with E-state index in [1.165, 1.54) is 18.2 Å². The number of aromatic hydroxyl groups is 2. The molecule has 0 bridgehead atoms. The van der Waals surface area contributed by atoms with Crippen LogP contribution in [0.4, 0.5) is 0 Å². The molecule has 2 aliphatic carbocycles. The third kappa shape index (κ3) is 3.64. The van der Waals surface area contributed by atoms with E-state index in [-0.39, 0.29) is 44.1 Å². The molecule has 33 heavy (non-hydrogen) atoms. The summed E-state index contributed by atoms with van der Waals surface area (Å²) >= 11 is 0.775. The first-order chi connectivity index (χ1) is 17.6. The number of allylic oxidation sites excluding steroid dienone is 2. The highest BCUT2D eigenvalue weighted by Gasteiger charge is 2.42. The maximum atomic E-state index is 13.6. The summed E-state index contributed by atoms with van der Waals surface area (Å²) in [5.41, 5.74) is -1.10. The van der Waals surface area contributed by atoms with Gasteiger partial charge >= 0.3 is 5.97 Å². The summed E-state index contributed by atoms with van der Waals surface area (Å²) in [6.07, 6.45) is -2.92. The zero-order valence-electron chi connectivity index (χ0n) is 22.1. The molecule has 1 amide bonds. The number of ketones is 1. The monoisotopic (exact) mass is 472 g/mol. The fraction of sp³-hybridized carbons (Fsp3) is 0.208. The normalized spacial score (nSPS) is 18.2. The number of rotatable bonds is 6. The van der Waals surface area contributed by atoms with Crippen molar-refractivity contribution in [3.05, 3.63) is 63.7 Å². The summed E-state index contributed by atoms with van der Waals surface area (Å²) in [6.45, 7) is -2.00. The molecule has 2 aromatic rings. The highest BCUT2D eigenvalue weighted by Crippen LogP contribution is 2.56. The number of aliphatic carboxylic acids is 1. The molecule has 0 saturated heterocycles. The van der Waals surface area contributed by atoms with E-state index in [0.29, 0.717) is 0 Å². The summed E-state index contributed by atoms with van der Waals surface area (Å²) in [5.74, 6) is -4.59. The van der Waals surface area contributed by atoms with E-state index in [0.717, 1.165) is 30.8 Å². The van der Waals surface area contributed by atoms with Gasteiger partial charge in [0.05, 0.1) is 5.56 Å². The van der Waals surface area contributed by atoms with Crippen molar-refractivity contribution in [3.63, 3.8) is 0 Å². The number of carboxylic acids is 1. The minimum absolute atomic E-state index is 0.00977. The first kappa shape index (κ1) is 16.8. The van der Waals surface area contributed by atoms with Crippen LogP contribution in [0.15, 0.2) is 35.9 Å². The molecule has 5 N–H and O–H groups in total. The number of fused-ring (bicyclic) bond motifs is 4. The maximum absolute atomic E-state index is 13.6. The SMILES string of the molecule is [2H]C([2H])([2H])C([2H])([2H])c1cc(O)c2c(c1)C(SC[C@H](NC(C)=O)C(=O)O)=C1C(=O)c3c(O)cccc3C(O)=C12. The van der Waals surface area contributed by atoms with E-state index in [4.69, 9.17) is 6.85 Å². The molecule has 0 saturated carbocycles. The standard InChI is InChI=1S/C24H21NO7S/c1-3-11-7-13-17(16(28)8-11)19-20(23(13)33-9-14(24(31)32)25-10(2)26)22(30)18-12(21(19)29)5-4-6-15(18)27/h4-8,14,27-29H,3,9H2,1-2H3,(H,25,26)(H,31,32)/t14-/m0/s1/i1D3,3D2. The van der Waals surface area contributed by atoms with Crippen molar-refractivity contribution >= 4 is 45.7 Å². The average Bonchev–Trinajstić information content (AvgIpc) is 3.14. The number of hydrogen-bond acceptors (Lipinski definition) is 7. The summed E-state index contributed by atoms with van der Waals surface area (Å²) in [5, 5.41) is 44.3. The molecule has 0 aromatic heterocycles. The topological polar surface area (TPSA) is 144 Å². The van der Waals surface area contributed by atoms with Gasteiger partial charge in [-0.25, -0.2) is 4.79 Å². The Morgan fingerprint density at radius 3 is 2.55 bits per heavy atom. The molecular formula is C24H21NO7S. The van der Waals surface area contributed by atoms with Gasteiger partial charge in [0.15, 0.2) is 5.78 Å². The minimum atomic E-state index is -3.13. The molecule has 2 aliphatic rings. The lowest BCUT2D eigenvalue weighted by atomic mass is 9.84. The number of phenolic OH excluding ortho intramolecular Hbond substituents is 2. The summed E-state index contributed by atoms with van der Waals surface area (Å²) in [6, 6.07) is 4.64. The number of aryl methyl sites for hydroxylation is 1. The van der Waals surface area contributed by atoms with Crippen LogP contribution < -0.4 is 5.32 Å². The van der Waals surface area contributed by atoms with E-state index in [2.05, 4.69) is 5.32 Å².